The Kier molecular flexibility index (Phi) is 5.10. The molecule has 0 spiro atoms. The van der Waals surface area contributed by atoms with Crippen LogP contribution in [-0.2, 0) is 14.3 Å². The van der Waals surface area contributed by atoms with E-state index in [1.54, 1.807) is 0 Å². The quantitative estimate of drug-likeness (QED) is 0.781. The number of rotatable bonds is 2. The Morgan fingerprint density at radius 1 is 1.44 bits per heavy atom. The topological polar surface area (TPSA) is 81.9 Å². The van der Waals surface area contributed by atoms with E-state index < -0.39 is 17.8 Å². The van der Waals surface area contributed by atoms with Crippen molar-refractivity contribution in [3.63, 3.8) is 0 Å². The lowest BCUT2D eigenvalue weighted by Gasteiger charge is -2.27. The Bertz CT molecular complexity index is 312. The number of ether oxygens (including phenoxy) is 2. The lowest BCUT2D eigenvalue weighted by atomic mass is 10.2. The maximum absolute atomic E-state index is 11.9. The van der Waals surface area contributed by atoms with Gasteiger partial charge in [0.1, 0.15) is 11.7 Å². The molecule has 104 valence electrons. The molecule has 1 aliphatic rings. The molecule has 1 unspecified atom stereocenters. The summed E-state index contributed by atoms with van der Waals surface area (Å²) in [6.07, 6.45) is -0.360. The summed E-state index contributed by atoms with van der Waals surface area (Å²) in [6.45, 7) is 6.54. The van der Waals surface area contributed by atoms with Gasteiger partial charge in [0.2, 0.25) is 0 Å². The van der Waals surface area contributed by atoms with Crippen LogP contribution in [0.5, 0.6) is 0 Å². The van der Waals surface area contributed by atoms with Crippen LogP contribution in [0.15, 0.2) is 0 Å². The van der Waals surface area contributed by atoms with Crippen molar-refractivity contribution in [3.8, 4) is 0 Å². The highest BCUT2D eigenvalue weighted by molar-refractivity contribution is 5.85. The van der Waals surface area contributed by atoms with Crippen LogP contribution < -0.4 is 5.73 Å². The summed E-state index contributed by atoms with van der Waals surface area (Å²) in [7, 11) is 0. The molecule has 1 amide bonds. The van der Waals surface area contributed by atoms with E-state index in [1.807, 2.05) is 20.8 Å². The van der Waals surface area contributed by atoms with Gasteiger partial charge >= 0.3 is 6.09 Å². The van der Waals surface area contributed by atoms with Crippen molar-refractivity contribution in [2.45, 2.75) is 38.9 Å². The first-order valence-corrected chi connectivity index (χ1v) is 6.16. The zero-order valence-electron chi connectivity index (χ0n) is 11.3. The van der Waals surface area contributed by atoms with E-state index >= 15 is 0 Å². The molecule has 1 heterocycles. The third-order valence-corrected chi connectivity index (χ3v) is 2.49. The molecular weight excluding hydrogens is 236 g/mol. The molecule has 0 aromatic rings. The molecule has 1 aliphatic heterocycles. The standard InChI is InChI=1S/C12H22N2O4/c1-12(2,3)18-11(16)14-5-4-6-17-10(8-14)9(15)7-13/h10H,4-8,13H2,1-3H3. The van der Waals surface area contributed by atoms with Gasteiger partial charge in [-0.1, -0.05) is 0 Å². The number of hydrogen-bond donors (Lipinski definition) is 1. The summed E-state index contributed by atoms with van der Waals surface area (Å²) in [5.41, 5.74) is 4.77. The monoisotopic (exact) mass is 258 g/mol. The van der Waals surface area contributed by atoms with Gasteiger partial charge in [0.05, 0.1) is 13.1 Å². The molecule has 0 radical (unpaired) electrons. The van der Waals surface area contributed by atoms with Crippen molar-refractivity contribution in [2.75, 3.05) is 26.2 Å². The largest absolute Gasteiger partial charge is 0.444 e. The second-order valence-corrected chi connectivity index (χ2v) is 5.31. The first kappa shape index (κ1) is 14.9. The van der Waals surface area contributed by atoms with Gasteiger partial charge in [-0.25, -0.2) is 4.79 Å². The van der Waals surface area contributed by atoms with E-state index in [0.717, 1.165) is 0 Å². The van der Waals surface area contributed by atoms with Crippen LogP contribution >= 0.6 is 0 Å². The Balaban J connectivity index is 2.64. The predicted octanol–water partition coefficient (Wildman–Crippen LogP) is 0.540. The number of carbonyl (C=O) groups is 2. The van der Waals surface area contributed by atoms with E-state index in [0.29, 0.717) is 19.6 Å². The minimum atomic E-state index is -0.634. The summed E-state index contributed by atoms with van der Waals surface area (Å²) in [5.74, 6) is -0.189. The van der Waals surface area contributed by atoms with Crippen LogP contribution in [0.25, 0.3) is 0 Å². The third-order valence-electron chi connectivity index (χ3n) is 2.49. The molecule has 1 atom stereocenters. The van der Waals surface area contributed by atoms with E-state index in [2.05, 4.69) is 0 Å². The van der Waals surface area contributed by atoms with E-state index in [4.69, 9.17) is 15.2 Å². The average molecular weight is 258 g/mol. The molecule has 1 rings (SSSR count). The second kappa shape index (κ2) is 6.15. The molecule has 1 saturated heterocycles. The summed E-state index contributed by atoms with van der Waals surface area (Å²) < 4.78 is 10.7. The summed E-state index contributed by atoms with van der Waals surface area (Å²) in [5, 5.41) is 0. The number of hydrogen-bond acceptors (Lipinski definition) is 5. The molecule has 6 heteroatoms. The fourth-order valence-electron chi connectivity index (χ4n) is 1.64. The van der Waals surface area contributed by atoms with Crippen molar-refractivity contribution in [2.24, 2.45) is 5.73 Å². The molecule has 0 aliphatic carbocycles. The zero-order chi connectivity index (χ0) is 13.8. The predicted molar refractivity (Wildman–Crippen MR) is 66.2 cm³/mol. The smallest absolute Gasteiger partial charge is 0.410 e. The highest BCUT2D eigenvalue weighted by Crippen LogP contribution is 2.13. The molecule has 0 aromatic heterocycles. The zero-order valence-corrected chi connectivity index (χ0v) is 11.3. The van der Waals surface area contributed by atoms with Crippen molar-refractivity contribution in [3.05, 3.63) is 0 Å². The van der Waals surface area contributed by atoms with Gasteiger partial charge < -0.3 is 20.1 Å². The van der Waals surface area contributed by atoms with E-state index in [1.165, 1.54) is 4.90 Å². The second-order valence-electron chi connectivity index (χ2n) is 5.31. The minimum absolute atomic E-state index is 0.0766. The fraction of sp³-hybridized carbons (Fsp3) is 0.833. The highest BCUT2D eigenvalue weighted by atomic mass is 16.6. The molecule has 1 fully saturated rings. The van der Waals surface area contributed by atoms with Gasteiger partial charge in [-0.3, -0.25) is 4.79 Å². The molecule has 0 bridgehead atoms. The maximum Gasteiger partial charge on any atom is 0.410 e. The number of carbonyl (C=O) groups excluding carboxylic acids is 2. The number of ketones is 1. The van der Waals surface area contributed by atoms with Crippen LogP contribution in [0.2, 0.25) is 0 Å². The van der Waals surface area contributed by atoms with E-state index in [9.17, 15) is 9.59 Å². The van der Waals surface area contributed by atoms with Crippen LogP contribution in [0.4, 0.5) is 4.79 Å². The maximum atomic E-state index is 11.9. The molecule has 6 nitrogen and oxygen atoms in total. The lowest BCUT2D eigenvalue weighted by molar-refractivity contribution is -0.129. The minimum Gasteiger partial charge on any atom is -0.444 e. The number of amides is 1. The van der Waals surface area contributed by atoms with Gasteiger partial charge in [0.25, 0.3) is 0 Å². The van der Waals surface area contributed by atoms with Crippen LogP contribution in [0.1, 0.15) is 27.2 Å². The first-order chi connectivity index (χ1) is 8.33. The van der Waals surface area contributed by atoms with Crippen molar-refractivity contribution in [1.82, 2.24) is 4.90 Å². The number of nitrogens with two attached hydrogens (primary N) is 1. The molecule has 2 N–H and O–H groups in total. The van der Waals surface area contributed by atoms with Gasteiger partial charge in [-0.05, 0) is 27.2 Å². The SMILES string of the molecule is CC(C)(C)OC(=O)N1CCCOC(C(=O)CN)C1. The fourth-order valence-corrected chi connectivity index (χ4v) is 1.64. The Hall–Kier alpha value is -1.14. The van der Waals surface area contributed by atoms with Gasteiger partial charge in [0.15, 0.2) is 5.78 Å². The number of nitrogens with zero attached hydrogens (tertiary/aromatic N) is 1. The Labute approximate surface area is 107 Å². The van der Waals surface area contributed by atoms with Crippen molar-refractivity contribution in [1.29, 1.82) is 0 Å². The Morgan fingerprint density at radius 3 is 2.67 bits per heavy atom. The van der Waals surface area contributed by atoms with Crippen LogP contribution in [0, 0.1) is 0 Å². The van der Waals surface area contributed by atoms with Crippen LogP contribution in [0.3, 0.4) is 0 Å². The van der Waals surface area contributed by atoms with Crippen LogP contribution in [-0.4, -0.2) is 54.7 Å². The molecule has 0 saturated carbocycles. The van der Waals surface area contributed by atoms with Gasteiger partial charge in [-0.2, -0.15) is 0 Å². The lowest BCUT2D eigenvalue weighted by Crippen LogP contribution is -2.44. The third kappa shape index (κ3) is 4.62. The number of Topliss-reactive ketones (excluding diaryl/α,β-unsaturated/α-hetero) is 1. The molecular formula is C12H22N2O4. The van der Waals surface area contributed by atoms with E-state index in [-0.39, 0.29) is 18.9 Å². The van der Waals surface area contributed by atoms with Gasteiger partial charge in [-0.15, -0.1) is 0 Å². The summed E-state index contributed by atoms with van der Waals surface area (Å²) in [6, 6.07) is 0. The Morgan fingerprint density at radius 2 is 2.11 bits per heavy atom. The van der Waals surface area contributed by atoms with Crippen molar-refractivity contribution < 1.29 is 19.1 Å². The van der Waals surface area contributed by atoms with Gasteiger partial charge in [0, 0.05) is 13.2 Å². The normalized spacial score (nSPS) is 21.3. The molecule has 0 aromatic carbocycles. The summed E-state index contributed by atoms with van der Waals surface area (Å²) in [4.78, 5) is 25.0. The van der Waals surface area contributed by atoms with Crippen molar-refractivity contribution >= 4 is 11.9 Å². The first-order valence-electron chi connectivity index (χ1n) is 6.16. The highest BCUT2D eigenvalue weighted by Gasteiger charge is 2.29. The average Bonchev–Trinajstić information content (AvgIpc) is 2.51. The molecule has 18 heavy (non-hydrogen) atoms. The summed E-state index contributed by atoms with van der Waals surface area (Å²) >= 11 is 0.